The molecule has 4 atom stereocenters. The molecule has 2 saturated carbocycles. The minimum atomic E-state index is -0.314. The van der Waals surface area contributed by atoms with Crippen LogP contribution in [-0.2, 0) is 14.2 Å². The van der Waals surface area contributed by atoms with E-state index in [0.29, 0.717) is 23.9 Å². The van der Waals surface area contributed by atoms with E-state index in [1.807, 2.05) is 0 Å². The summed E-state index contributed by atoms with van der Waals surface area (Å²) in [6.45, 7) is 0.917. The van der Waals surface area contributed by atoms with Gasteiger partial charge in [0, 0.05) is 26.1 Å². The van der Waals surface area contributed by atoms with Gasteiger partial charge in [-0.2, -0.15) is 0 Å². The van der Waals surface area contributed by atoms with Gasteiger partial charge in [0.1, 0.15) is 0 Å². The SMILES string of the molecule is COC1(OC)[C@@H]2C[C@H]3CO[C@@H](C2)[C@H]31. The van der Waals surface area contributed by atoms with Crippen LogP contribution in [0.25, 0.3) is 0 Å². The molecule has 1 heterocycles. The van der Waals surface area contributed by atoms with E-state index in [4.69, 9.17) is 14.2 Å². The average molecular weight is 184 g/mol. The summed E-state index contributed by atoms with van der Waals surface area (Å²) in [5.74, 6) is 1.42. The first-order chi connectivity index (χ1) is 6.31. The van der Waals surface area contributed by atoms with Gasteiger partial charge in [-0.25, -0.2) is 0 Å². The predicted octanol–water partition coefficient (Wildman–Crippen LogP) is 1.03. The third kappa shape index (κ3) is 0.767. The zero-order valence-electron chi connectivity index (χ0n) is 8.16. The summed E-state index contributed by atoms with van der Waals surface area (Å²) in [7, 11) is 3.53. The molecule has 74 valence electrons. The van der Waals surface area contributed by atoms with Crippen LogP contribution in [0.2, 0.25) is 0 Å². The average Bonchev–Trinajstić information content (AvgIpc) is 2.69. The molecule has 1 aliphatic heterocycles. The molecule has 2 aliphatic carbocycles. The molecule has 13 heavy (non-hydrogen) atoms. The van der Waals surface area contributed by atoms with Crippen molar-refractivity contribution in [2.75, 3.05) is 20.8 Å². The van der Waals surface area contributed by atoms with Crippen LogP contribution in [0.5, 0.6) is 0 Å². The van der Waals surface area contributed by atoms with Crippen molar-refractivity contribution in [2.45, 2.75) is 24.7 Å². The summed E-state index contributed by atoms with van der Waals surface area (Å²) in [6, 6.07) is 0. The lowest BCUT2D eigenvalue weighted by molar-refractivity contribution is -0.238. The Labute approximate surface area is 78.3 Å². The van der Waals surface area contributed by atoms with Gasteiger partial charge in [0.25, 0.3) is 0 Å². The van der Waals surface area contributed by atoms with E-state index in [2.05, 4.69) is 0 Å². The lowest BCUT2D eigenvalue weighted by Crippen LogP contribution is -2.40. The monoisotopic (exact) mass is 184 g/mol. The fourth-order valence-electron chi connectivity index (χ4n) is 3.81. The van der Waals surface area contributed by atoms with Crippen molar-refractivity contribution in [3.8, 4) is 0 Å². The Bertz CT molecular complexity index is 210. The highest BCUT2D eigenvalue weighted by Crippen LogP contribution is 2.61. The minimum Gasteiger partial charge on any atom is -0.377 e. The van der Waals surface area contributed by atoms with Crippen LogP contribution in [0.1, 0.15) is 12.8 Å². The van der Waals surface area contributed by atoms with Crippen molar-refractivity contribution in [1.29, 1.82) is 0 Å². The molecule has 0 spiro atoms. The number of hydrogen-bond donors (Lipinski definition) is 0. The lowest BCUT2D eigenvalue weighted by Gasteiger charge is -2.31. The molecule has 0 aromatic carbocycles. The van der Waals surface area contributed by atoms with Gasteiger partial charge in [0.15, 0.2) is 5.79 Å². The third-order valence-electron chi connectivity index (χ3n) is 4.21. The van der Waals surface area contributed by atoms with Gasteiger partial charge in [0.05, 0.1) is 12.7 Å². The first-order valence-electron chi connectivity index (χ1n) is 5.03. The van der Waals surface area contributed by atoms with Crippen molar-refractivity contribution in [3.63, 3.8) is 0 Å². The van der Waals surface area contributed by atoms with Crippen molar-refractivity contribution in [2.24, 2.45) is 17.8 Å². The van der Waals surface area contributed by atoms with Crippen molar-refractivity contribution in [1.82, 2.24) is 0 Å². The fraction of sp³-hybridized carbons (Fsp3) is 1.00. The van der Waals surface area contributed by atoms with Gasteiger partial charge in [-0.05, 0) is 18.8 Å². The highest BCUT2D eigenvalue weighted by Gasteiger charge is 2.67. The number of rotatable bonds is 2. The number of methoxy groups -OCH3 is 2. The van der Waals surface area contributed by atoms with E-state index in [9.17, 15) is 0 Å². The van der Waals surface area contributed by atoms with Crippen molar-refractivity contribution < 1.29 is 14.2 Å². The molecule has 2 bridgehead atoms. The molecule has 0 N–H and O–H groups in total. The molecule has 0 amide bonds. The molecule has 0 radical (unpaired) electrons. The van der Waals surface area contributed by atoms with Gasteiger partial charge < -0.3 is 14.2 Å². The molecule has 0 unspecified atom stereocenters. The van der Waals surface area contributed by atoms with Crippen LogP contribution in [0.3, 0.4) is 0 Å². The van der Waals surface area contributed by atoms with E-state index < -0.39 is 0 Å². The maximum Gasteiger partial charge on any atom is 0.176 e. The highest BCUT2D eigenvalue weighted by atomic mass is 16.7. The Morgan fingerprint density at radius 3 is 2.54 bits per heavy atom. The van der Waals surface area contributed by atoms with E-state index in [1.54, 1.807) is 14.2 Å². The van der Waals surface area contributed by atoms with Gasteiger partial charge in [-0.15, -0.1) is 0 Å². The Hall–Kier alpha value is -0.120. The molecule has 3 nitrogen and oxygen atoms in total. The van der Waals surface area contributed by atoms with Gasteiger partial charge in [0.2, 0.25) is 0 Å². The van der Waals surface area contributed by atoms with E-state index in [1.165, 1.54) is 6.42 Å². The zero-order valence-corrected chi connectivity index (χ0v) is 8.16. The molecular weight excluding hydrogens is 168 g/mol. The Kier molecular flexibility index (Phi) is 1.56. The lowest BCUT2D eigenvalue weighted by atomic mass is 9.90. The summed E-state index contributed by atoms with van der Waals surface area (Å²) in [5, 5.41) is 0. The second kappa shape index (κ2) is 2.47. The number of ether oxygens (including phenoxy) is 3. The maximum atomic E-state index is 5.73. The summed E-state index contributed by atoms with van der Waals surface area (Å²) in [5.41, 5.74) is 0. The summed E-state index contributed by atoms with van der Waals surface area (Å²) in [6.07, 6.45) is 2.76. The van der Waals surface area contributed by atoms with Crippen molar-refractivity contribution >= 4 is 0 Å². The summed E-state index contributed by atoms with van der Waals surface area (Å²) in [4.78, 5) is 0. The second-order valence-electron chi connectivity index (χ2n) is 4.46. The number of hydrogen-bond acceptors (Lipinski definition) is 3. The molecular formula is C10H16O3. The van der Waals surface area contributed by atoms with E-state index in [-0.39, 0.29) is 5.79 Å². The fourth-order valence-corrected chi connectivity index (χ4v) is 3.81. The van der Waals surface area contributed by atoms with E-state index in [0.717, 1.165) is 13.0 Å². The van der Waals surface area contributed by atoms with Gasteiger partial charge >= 0.3 is 0 Å². The van der Waals surface area contributed by atoms with Crippen LogP contribution >= 0.6 is 0 Å². The molecule has 0 aromatic rings. The Morgan fingerprint density at radius 2 is 2.00 bits per heavy atom. The van der Waals surface area contributed by atoms with Crippen LogP contribution in [0.15, 0.2) is 0 Å². The molecule has 1 saturated heterocycles. The molecule has 3 aliphatic rings. The van der Waals surface area contributed by atoms with Crippen LogP contribution in [0.4, 0.5) is 0 Å². The molecule has 3 rings (SSSR count). The Balaban J connectivity index is 2.00. The second-order valence-corrected chi connectivity index (χ2v) is 4.46. The molecule has 3 fully saturated rings. The summed E-state index contributed by atoms with van der Waals surface area (Å²) >= 11 is 0. The van der Waals surface area contributed by atoms with Crippen LogP contribution < -0.4 is 0 Å². The number of fused-ring (bicyclic) bond motifs is 1. The standard InChI is InChI=1S/C10H16O3/c1-11-10(12-2)7-3-6-5-13-8(4-7)9(6)10/h6-9H,3-5H2,1-2H3/t6-,7+,8-,9-/m0/s1. The maximum absolute atomic E-state index is 5.73. The largest absolute Gasteiger partial charge is 0.377 e. The molecule has 3 heteroatoms. The van der Waals surface area contributed by atoms with Gasteiger partial charge in [-0.1, -0.05) is 0 Å². The summed E-state index contributed by atoms with van der Waals surface area (Å²) < 4.78 is 17.0. The zero-order chi connectivity index (χ0) is 9.05. The first-order valence-corrected chi connectivity index (χ1v) is 5.03. The Morgan fingerprint density at radius 1 is 1.23 bits per heavy atom. The smallest absolute Gasteiger partial charge is 0.176 e. The van der Waals surface area contributed by atoms with E-state index >= 15 is 0 Å². The highest BCUT2D eigenvalue weighted by molar-refractivity contribution is 5.11. The van der Waals surface area contributed by atoms with Crippen LogP contribution in [-0.4, -0.2) is 32.7 Å². The topological polar surface area (TPSA) is 27.7 Å². The molecule has 0 aromatic heterocycles. The van der Waals surface area contributed by atoms with Crippen molar-refractivity contribution in [3.05, 3.63) is 0 Å². The quantitative estimate of drug-likeness (QED) is 0.600. The van der Waals surface area contributed by atoms with Gasteiger partial charge in [-0.3, -0.25) is 0 Å². The first kappa shape index (κ1) is 8.21. The predicted molar refractivity (Wildman–Crippen MR) is 46.2 cm³/mol. The minimum absolute atomic E-state index is 0.314. The normalized spacial score (nSPS) is 50.3. The van der Waals surface area contributed by atoms with Crippen LogP contribution in [0, 0.1) is 17.8 Å². The third-order valence-corrected chi connectivity index (χ3v) is 4.21.